The molecule has 0 saturated carbocycles. The number of aromatic nitrogens is 1. The molecule has 3 nitrogen and oxygen atoms in total. The smallest absolute Gasteiger partial charge is 0.225 e. The van der Waals surface area contributed by atoms with Crippen molar-refractivity contribution in [1.82, 2.24) is 4.98 Å². The maximum Gasteiger partial charge on any atom is 0.225 e. The number of nitrogens with zero attached hydrogens (tertiary/aromatic N) is 1. The summed E-state index contributed by atoms with van der Waals surface area (Å²) in [6.07, 6.45) is 9.72. The Morgan fingerprint density at radius 2 is 2.35 bits per heavy atom. The van der Waals surface area contributed by atoms with Crippen LogP contribution >= 0.6 is 15.9 Å². The lowest BCUT2D eigenvalue weighted by molar-refractivity contribution is -0.116. The summed E-state index contributed by atoms with van der Waals surface area (Å²) in [5, 5.41) is 2.76. The van der Waals surface area contributed by atoms with Gasteiger partial charge in [0.1, 0.15) is 5.82 Å². The number of carbonyl (C=O) groups is 1. The van der Waals surface area contributed by atoms with Gasteiger partial charge in [-0.05, 0) is 47.3 Å². The molecule has 0 saturated heterocycles. The molecule has 4 heteroatoms. The Hall–Kier alpha value is -1.34. The lowest BCUT2D eigenvalue weighted by Crippen LogP contribution is -2.12. The number of aryl methyl sites for hydroxylation is 1. The zero-order chi connectivity index (χ0) is 12.7. The van der Waals surface area contributed by atoms with Crippen LogP contribution in [0.3, 0.4) is 0 Å². The number of halogens is 1. The Morgan fingerprint density at radius 3 is 3.00 bits per heavy atom. The molecule has 0 aliphatic rings. The molecule has 1 N–H and O–H groups in total. The minimum Gasteiger partial charge on any atom is -0.311 e. The number of hydrogen-bond donors (Lipinski definition) is 1. The van der Waals surface area contributed by atoms with E-state index in [9.17, 15) is 4.79 Å². The summed E-state index contributed by atoms with van der Waals surface area (Å²) in [5.74, 6) is 3.13. The molecule has 1 aromatic rings. The van der Waals surface area contributed by atoms with E-state index in [1.807, 2.05) is 13.0 Å². The van der Waals surface area contributed by atoms with Crippen LogP contribution in [0.1, 0.15) is 31.2 Å². The summed E-state index contributed by atoms with van der Waals surface area (Å²) in [6.45, 7) is 1.95. The largest absolute Gasteiger partial charge is 0.311 e. The highest BCUT2D eigenvalue weighted by Crippen LogP contribution is 2.17. The molecule has 1 heterocycles. The second kappa shape index (κ2) is 7.08. The molecule has 1 amide bonds. The van der Waals surface area contributed by atoms with Gasteiger partial charge in [0.15, 0.2) is 0 Å². The Labute approximate surface area is 110 Å². The monoisotopic (exact) mass is 294 g/mol. The van der Waals surface area contributed by atoms with Crippen LogP contribution in [0.4, 0.5) is 5.82 Å². The molecule has 0 aliphatic heterocycles. The van der Waals surface area contributed by atoms with Crippen LogP contribution in [0, 0.1) is 19.3 Å². The number of anilines is 1. The van der Waals surface area contributed by atoms with Gasteiger partial charge in [-0.15, -0.1) is 12.3 Å². The van der Waals surface area contributed by atoms with Crippen molar-refractivity contribution in [2.24, 2.45) is 0 Å². The van der Waals surface area contributed by atoms with Crippen LogP contribution < -0.4 is 5.32 Å². The molecule has 1 aromatic heterocycles. The molecular weight excluding hydrogens is 280 g/mol. The van der Waals surface area contributed by atoms with Crippen LogP contribution in [-0.2, 0) is 4.79 Å². The number of pyridine rings is 1. The van der Waals surface area contributed by atoms with E-state index in [1.165, 1.54) is 0 Å². The third kappa shape index (κ3) is 5.01. The zero-order valence-corrected chi connectivity index (χ0v) is 11.4. The van der Waals surface area contributed by atoms with Crippen molar-refractivity contribution in [3.05, 3.63) is 22.3 Å². The minimum atomic E-state index is -0.0174. The molecule has 1 rings (SSSR count). The summed E-state index contributed by atoms with van der Waals surface area (Å²) < 4.78 is 0.935. The van der Waals surface area contributed by atoms with Crippen molar-refractivity contribution in [3.8, 4) is 12.3 Å². The van der Waals surface area contributed by atoms with E-state index in [4.69, 9.17) is 6.42 Å². The lowest BCUT2D eigenvalue weighted by atomic mass is 10.2. The molecule has 0 atom stereocenters. The molecule has 0 radical (unpaired) electrons. The first-order chi connectivity index (χ1) is 8.13. The van der Waals surface area contributed by atoms with Crippen molar-refractivity contribution in [2.45, 2.75) is 32.6 Å². The maximum atomic E-state index is 11.6. The predicted molar refractivity (Wildman–Crippen MR) is 72.6 cm³/mol. The lowest BCUT2D eigenvalue weighted by Gasteiger charge is -2.05. The molecule has 0 spiro atoms. The molecule has 0 bridgehead atoms. The molecule has 0 unspecified atom stereocenters. The first-order valence-corrected chi connectivity index (χ1v) is 6.28. The molecule has 0 fully saturated rings. The molecule has 90 valence electrons. The summed E-state index contributed by atoms with van der Waals surface area (Å²) in [6, 6.07) is 1.84. The van der Waals surface area contributed by atoms with Crippen molar-refractivity contribution in [2.75, 3.05) is 5.32 Å². The topological polar surface area (TPSA) is 42.0 Å². The summed E-state index contributed by atoms with van der Waals surface area (Å²) in [4.78, 5) is 15.7. The molecule has 17 heavy (non-hydrogen) atoms. The van der Waals surface area contributed by atoms with Crippen LogP contribution in [0.25, 0.3) is 0 Å². The van der Waals surface area contributed by atoms with E-state index >= 15 is 0 Å². The molecule has 0 aromatic carbocycles. The Bertz CT molecular complexity index is 438. The van der Waals surface area contributed by atoms with E-state index in [2.05, 4.69) is 32.2 Å². The predicted octanol–water partition coefficient (Wildman–Crippen LogP) is 3.28. The van der Waals surface area contributed by atoms with Gasteiger partial charge in [-0.1, -0.05) is 0 Å². The molecular formula is C13H15BrN2O. The fraction of sp³-hybridized carbons (Fsp3) is 0.385. The van der Waals surface area contributed by atoms with Crippen molar-refractivity contribution in [3.63, 3.8) is 0 Å². The number of terminal acetylenes is 1. The average Bonchev–Trinajstić information content (AvgIpc) is 2.30. The van der Waals surface area contributed by atoms with Crippen molar-refractivity contribution < 1.29 is 4.79 Å². The van der Waals surface area contributed by atoms with E-state index in [0.29, 0.717) is 12.2 Å². The first-order valence-electron chi connectivity index (χ1n) is 5.49. The fourth-order valence-corrected chi connectivity index (χ4v) is 1.54. The maximum absolute atomic E-state index is 11.6. The second-order valence-corrected chi connectivity index (χ2v) is 4.63. The van der Waals surface area contributed by atoms with Crippen molar-refractivity contribution in [1.29, 1.82) is 0 Å². The Kier molecular flexibility index (Phi) is 5.71. The Balaban J connectivity index is 2.40. The van der Waals surface area contributed by atoms with Gasteiger partial charge < -0.3 is 5.32 Å². The second-order valence-electron chi connectivity index (χ2n) is 3.78. The van der Waals surface area contributed by atoms with Crippen LogP contribution in [0.2, 0.25) is 0 Å². The summed E-state index contributed by atoms with van der Waals surface area (Å²) in [7, 11) is 0. The standard InChI is InChI=1S/C13H15BrN2O/c1-3-4-5-6-7-13(17)16-12-8-10(2)11(14)9-15-12/h1,8-9H,4-7H2,2H3,(H,15,16,17). The number of amides is 1. The van der Waals surface area contributed by atoms with Gasteiger partial charge in [0.05, 0.1) is 0 Å². The van der Waals surface area contributed by atoms with Crippen LogP contribution in [0.5, 0.6) is 0 Å². The van der Waals surface area contributed by atoms with Gasteiger partial charge >= 0.3 is 0 Å². The van der Waals surface area contributed by atoms with Gasteiger partial charge in [0.2, 0.25) is 5.91 Å². The minimum absolute atomic E-state index is 0.0174. The number of rotatable bonds is 5. The fourth-order valence-electron chi connectivity index (χ4n) is 1.33. The van der Waals surface area contributed by atoms with Crippen LogP contribution in [-0.4, -0.2) is 10.9 Å². The van der Waals surface area contributed by atoms with Gasteiger partial charge in [0.25, 0.3) is 0 Å². The quantitative estimate of drug-likeness (QED) is 0.669. The number of carbonyl (C=O) groups excluding carboxylic acids is 1. The van der Waals surface area contributed by atoms with E-state index in [-0.39, 0.29) is 5.91 Å². The first kappa shape index (κ1) is 13.7. The van der Waals surface area contributed by atoms with E-state index in [1.54, 1.807) is 6.20 Å². The normalized spacial score (nSPS) is 9.71. The summed E-state index contributed by atoms with van der Waals surface area (Å²) in [5.41, 5.74) is 1.04. The number of unbranched alkanes of at least 4 members (excludes halogenated alkanes) is 2. The highest BCUT2D eigenvalue weighted by molar-refractivity contribution is 9.10. The SMILES string of the molecule is C#CCCCCC(=O)Nc1cc(C)c(Br)cn1. The van der Waals surface area contributed by atoms with E-state index < -0.39 is 0 Å². The third-order valence-electron chi connectivity index (χ3n) is 2.29. The van der Waals surface area contributed by atoms with Gasteiger partial charge in [0, 0.05) is 23.5 Å². The van der Waals surface area contributed by atoms with Gasteiger partial charge in [-0.25, -0.2) is 4.98 Å². The third-order valence-corrected chi connectivity index (χ3v) is 3.12. The van der Waals surface area contributed by atoms with Gasteiger partial charge in [-0.3, -0.25) is 4.79 Å². The van der Waals surface area contributed by atoms with Gasteiger partial charge in [-0.2, -0.15) is 0 Å². The number of nitrogens with one attached hydrogen (secondary N) is 1. The highest BCUT2D eigenvalue weighted by Gasteiger charge is 2.04. The summed E-state index contributed by atoms with van der Waals surface area (Å²) >= 11 is 3.36. The van der Waals surface area contributed by atoms with E-state index in [0.717, 1.165) is 29.3 Å². The van der Waals surface area contributed by atoms with Crippen molar-refractivity contribution >= 4 is 27.7 Å². The average molecular weight is 295 g/mol. The number of hydrogen-bond acceptors (Lipinski definition) is 2. The highest BCUT2D eigenvalue weighted by atomic mass is 79.9. The molecule has 0 aliphatic carbocycles. The van der Waals surface area contributed by atoms with Crippen LogP contribution in [0.15, 0.2) is 16.7 Å². The Morgan fingerprint density at radius 1 is 1.59 bits per heavy atom. The zero-order valence-electron chi connectivity index (χ0n) is 9.79.